The molecule has 1 aromatic carbocycles. The number of rotatable bonds is 1. The van der Waals surface area contributed by atoms with Crippen LogP contribution in [0, 0.1) is 11.6 Å². The molecule has 1 heterocycles. The van der Waals surface area contributed by atoms with E-state index in [1.54, 1.807) is 0 Å². The van der Waals surface area contributed by atoms with Crippen LogP contribution in [0.25, 0.3) is 0 Å². The quantitative estimate of drug-likeness (QED) is 0.686. The maximum Gasteiger partial charge on any atom is 0.322 e. The van der Waals surface area contributed by atoms with E-state index in [9.17, 15) is 13.6 Å². The molecule has 2 rings (SSSR count). The van der Waals surface area contributed by atoms with Crippen LogP contribution in [-0.4, -0.2) is 19.1 Å². The number of nitrogens with zero attached hydrogens (tertiary/aromatic N) is 1. The van der Waals surface area contributed by atoms with Gasteiger partial charge in [-0.05, 0) is 6.07 Å². The molecule has 0 radical (unpaired) electrons. The molecule has 0 bridgehead atoms. The lowest BCUT2D eigenvalue weighted by atomic mass is 10.2. The largest absolute Gasteiger partial charge is 0.397 e. The molecule has 1 aliphatic heterocycles. The van der Waals surface area contributed by atoms with Crippen LogP contribution in [0.1, 0.15) is 0 Å². The van der Waals surface area contributed by atoms with E-state index >= 15 is 0 Å². The topological polar surface area (TPSA) is 58.4 Å². The fourth-order valence-corrected chi connectivity index (χ4v) is 1.56. The molecule has 80 valence electrons. The van der Waals surface area contributed by atoms with Gasteiger partial charge in [0.25, 0.3) is 0 Å². The predicted molar refractivity (Wildman–Crippen MR) is 51.5 cm³/mol. The molecule has 0 aliphatic carbocycles. The van der Waals surface area contributed by atoms with E-state index in [0.717, 1.165) is 11.0 Å². The van der Waals surface area contributed by atoms with Crippen LogP contribution >= 0.6 is 0 Å². The van der Waals surface area contributed by atoms with Gasteiger partial charge in [-0.2, -0.15) is 0 Å². The molecular weight excluding hydrogens is 204 g/mol. The van der Waals surface area contributed by atoms with E-state index in [2.05, 4.69) is 5.32 Å². The fraction of sp³-hybridized carbons (Fsp3) is 0.222. The van der Waals surface area contributed by atoms with Gasteiger partial charge in [0.1, 0.15) is 11.5 Å². The fourth-order valence-electron chi connectivity index (χ4n) is 1.56. The van der Waals surface area contributed by atoms with Gasteiger partial charge in [0.05, 0.1) is 5.69 Å². The lowest BCUT2D eigenvalue weighted by Gasteiger charge is -2.17. The zero-order chi connectivity index (χ0) is 11.0. The Morgan fingerprint density at radius 2 is 2.13 bits per heavy atom. The molecule has 2 amide bonds. The third kappa shape index (κ3) is 1.58. The summed E-state index contributed by atoms with van der Waals surface area (Å²) in [4.78, 5) is 12.4. The number of nitrogen functional groups attached to an aromatic ring is 1. The third-order valence-corrected chi connectivity index (χ3v) is 2.18. The van der Waals surface area contributed by atoms with Crippen LogP contribution in [0.3, 0.4) is 0 Å². The number of nitrogens with two attached hydrogens (primary N) is 1. The first-order valence-corrected chi connectivity index (χ1v) is 4.39. The summed E-state index contributed by atoms with van der Waals surface area (Å²) >= 11 is 0. The number of amides is 2. The molecule has 1 aromatic rings. The van der Waals surface area contributed by atoms with Crippen LogP contribution in [0.5, 0.6) is 0 Å². The highest BCUT2D eigenvalue weighted by Crippen LogP contribution is 2.28. The number of halogens is 2. The van der Waals surface area contributed by atoms with Gasteiger partial charge >= 0.3 is 6.03 Å². The first kappa shape index (κ1) is 9.70. The maximum atomic E-state index is 13.4. The molecule has 0 atom stereocenters. The summed E-state index contributed by atoms with van der Waals surface area (Å²) in [7, 11) is 0. The van der Waals surface area contributed by atoms with Gasteiger partial charge in [-0.25, -0.2) is 13.6 Å². The van der Waals surface area contributed by atoms with Gasteiger partial charge in [0.2, 0.25) is 0 Å². The number of hydrogen-bond donors (Lipinski definition) is 2. The van der Waals surface area contributed by atoms with Crippen molar-refractivity contribution in [1.29, 1.82) is 0 Å². The van der Waals surface area contributed by atoms with Crippen molar-refractivity contribution in [2.24, 2.45) is 0 Å². The van der Waals surface area contributed by atoms with Crippen LogP contribution in [0.4, 0.5) is 25.0 Å². The maximum absolute atomic E-state index is 13.4. The number of carbonyl (C=O) groups excluding carboxylic acids is 1. The number of urea groups is 1. The first-order valence-electron chi connectivity index (χ1n) is 4.39. The van der Waals surface area contributed by atoms with Crippen molar-refractivity contribution < 1.29 is 13.6 Å². The average Bonchev–Trinajstić information content (AvgIpc) is 2.50. The molecule has 1 fully saturated rings. The minimum absolute atomic E-state index is 0.0635. The van der Waals surface area contributed by atoms with Crippen LogP contribution in [0.15, 0.2) is 12.1 Å². The summed E-state index contributed by atoms with van der Waals surface area (Å²) < 4.78 is 26.1. The minimum atomic E-state index is -0.829. The van der Waals surface area contributed by atoms with Gasteiger partial charge in [-0.3, -0.25) is 4.90 Å². The third-order valence-electron chi connectivity index (χ3n) is 2.18. The van der Waals surface area contributed by atoms with E-state index in [-0.39, 0.29) is 11.4 Å². The Labute approximate surface area is 84.7 Å². The molecule has 4 nitrogen and oxygen atoms in total. The SMILES string of the molecule is Nc1cc(F)cc(F)c1N1CCNC1=O. The van der Waals surface area contributed by atoms with Crippen molar-refractivity contribution in [3.63, 3.8) is 0 Å². The smallest absolute Gasteiger partial charge is 0.322 e. The Kier molecular flexibility index (Phi) is 2.18. The van der Waals surface area contributed by atoms with Crippen molar-refractivity contribution in [3.8, 4) is 0 Å². The Hall–Kier alpha value is -1.85. The predicted octanol–water partition coefficient (Wildman–Crippen LogP) is 1.08. The summed E-state index contributed by atoms with van der Waals surface area (Å²) in [5.41, 5.74) is 5.32. The summed E-state index contributed by atoms with van der Waals surface area (Å²) in [6, 6.07) is 1.27. The van der Waals surface area contributed by atoms with Crippen molar-refractivity contribution in [3.05, 3.63) is 23.8 Å². The highest BCUT2D eigenvalue weighted by Gasteiger charge is 2.26. The van der Waals surface area contributed by atoms with Gasteiger partial charge in [0, 0.05) is 19.2 Å². The molecule has 15 heavy (non-hydrogen) atoms. The van der Waals surface area contributed by atoms with Gasteiger partial charge in [-0.1, -0.05) is 0 Å². The number of benzene rings is 1. The Morgan fingerprint density at radius 1 is 1.40 bits per heavy atom. The molecule has 1 aliphatic rings. The van der Waals surface area contributed by atoms with Crippen molar-refractivity contribution in [1.82, 2.24) is 5.32 Å². The summed E-state index contributed by atoms with van der Waals surface area (Å²) in [5.74, 6) is -1.59. The van der Waals surface area contributed by atoms with Crippen molar-refractivity contribution in [2.45, 2.75) is 0 Å². The van der Waals surface area contributed by atoms with Crippen molar-refractivity contribution in [2.75, 3.05) is 23.7 Å². The first-order chi connectivity index (χ1) is 7.09. The lowest BCUT2D eigenvalue weighted by molar-refractivity contribution is 0.252. The van der Waals surface area contributed by atoms with E-state index < -0.39 is 17.7 Å². The van der Waals surface area contributed by atoms with E-state index in [1.165, 1.54) is 0 Å². The summed E-state index contributed by atoms with van der Waals surface area (Å²) in [6.45, 7) is 0.751. The second kappa shape index (κ2) is 3.38. The molecule has 6 heteroatoms. The van der Waals surface area contributed by atoms with E-state index in [4.69, 9.17) is 5.73 Å². The van der Waals surface area contributed by atoms with Gasteiger partial charge in [0.15, 0.2) is 5.82 Å². The Balaban J connectivity index is 2.47. The lowest BCUT2D eigenvalue weighted by Crippen LogP contribution is -2.29. The molecule has 1 saturated heterocycles. The average molecular weight is 213 g/mol. The normalized spacial score (nSPS) is 15.6. The second-order valence-electron chi connectivity index (χ2n) is 3.21. The number of nitrogens with one attached hydrogen (secondary N) is 1. The zero-order valence-electron chi connectivity index (χ0n) is 7.76. The van der Waals surface area contributed by atoms with Crippen LogP contribution in [0.2, 0.25) is 0 Å². The number of anilines is 2. The Bertz CT molecular complexity index is 399. The molecule has 0 unspecified atom stereocenters. The molecule has 3 N–H and O–H groups in total. The van der Waals surface area contributed by atoms with E-state index in [0.29, 0.717) is 19.2 Å². The summed E-state index contributed by atoms with van der Waals surface area (Å²) in [6.07, 6.45) is 0. The van der Waals surface area contributed by atoms with Crippen molar-refractivity contribution >= 4 is 17.4 Å². The number of carbonyl (C=O) groups is 1. The summed E-state index contributed by atoms with van der Waals surface area (Å²) in [5, 5.41) is 2.51. The van der Waals surface area contributed by atoms with Crippen LogP contribution < -0.4 is 16.0 Å². The molecule has 0 saturated carbocycles. The standard InChI is InChI=1S/C9H9F2N3O/c10-5-3-6(11)8(7(12)4-5)14-2-1-13-9(14)15/h3-4H,1-2,12H2,(H,13,15). The van der Waals surface area contributed by atoms with Gasteiger partial charge < -0.3 is 11.1 Å². The van der Waals surface area contributed by atoms with E-state index in [1.807, 2.05) is 0 Å². The molecular formula is C9H9F2N3O. The van der Waals surface area contributed by atoms with Crippen LogP contribution in [-0.2, 0) is 0 Å². The number of hydrogen-bond acceptors (Lipinski definition) is 2. The monoisotopic (exact) mass is 213 g/mol. The zero-order valence-corrected chi connectivity index (χ0v) is 7.76. The minimum Gasteiger partial charge on any atom is -0.397 e. The highest BCUT2D eigenvalue weighted by molar-refractivity contribution is 5.97. The second-order valence-corrected chi connectivity index (χ2v) is 3.21. The Morgan fingerprint density at radius 3 is 2.67 bits per heavy atom. The molecule has 0 spiro atoms. The van der Waals surface area contributed by atoms with Gasteiger partial charge in [-0.15, -0.1) is 0 Å². The molecule has 0 aromatic heterocycles. The highest BCUT2D eigenvalue weighted by atomic mass is 19.1.